The summed E-state index contributed by atoms with van der Waals surface area (Å²) in [6.45, 7) is 0.103. The molecule has 0 radical (unpaired) electrons. The van der Waals surface area contributed by atoms with Crippen molar-refractivity contribution in [2.75, 3.05) is 6.61 Å². The maximum absolute atomic E-state index is 9.16. The van der Waals surface area contributed by atoms with Crippen molar-refractivity contribution in [3.8, 4) is 0 Å². The van der Waals surface area contributed by atoms with E-state index < -0.39 is 0 Å². The van der Waals surface area contributed by atoms with Crippen molar-refractivity contribution in [3.63, 3.8) is 0 Å². The zero-order valence-corrected chi connectivity index (χ0v) is 5.33. The normalized spacial score (nSPS) is 34.9. The van der Waals surface area contributed by atoms with Gasteiger partial charge in [0.1, 0.15) is 0 Å². The molecule has 0 aromatic rings. The highest BCUT2D eigenvalue weighted by atomic mass is 16.3. The second kappa shape index (κ2) is 2.99. The molecule has 1 aliphatic rings. The minimum absolute atomic E-state index is 0.0787. The van der Waals surface area contributed by atoms with E-state index in [9.17, 15) is 0 Å². The third kappa shape index (κ3) is 1.53. The molecule has 0 aromatic heterocycles. The van der Waals surface area contributed by atoms with Crippen LogP contribution >= 0.6 is 0 Å². The largest absolute Gasteiger partial charge is 0.396 e. The zero-order valence-electron chi connectivity index (χ0n) is 5.33. The smallest absolute Gasteiger partial charge is 0.0627 e. The minimum Gasteiger partial charge on any atom is -0.396 e. The molecule has 0 fully saturated rings. The van der Waals surface area contributed by atoms with Gasteiger partial charge in [-0.15, -0.1) is 0 Å². The Hall–Kier alpha value is -0.340. The fraction of sp³-hybridized carbons (Fsp3) is 0.714. The van der Waals surface area contributed by atoms with Gasteiger partial charge in [-0.3, -0.25) is 0 Å². The van der Waals surface area contributed by atoms with Crippen LogP contribution in [0, 0.1) is 5.92 Å². The van der Waals surface area contributed by atoms with Crippen molar-refractivity contribution in [2.45, 2.75) is 18.9 Å². The summed E-state index contributed by atoms with van der Waals surface area (Å²) in [5.41, 5.74) is 0. The van der Waals surface area contributed by atoms with Crippen LogP contribution in [0.25, 0.3) is 0 Å². The first-order valence-corrected chi connectivity index (χ1v) is 3.28. The predicted molar refractivity (Wildman–Crippen MR) is 35.0 cm³/mol. The molecule has 2 atom stereocenters. The molecular weight excluding hydrogens is 116 g/mol. The van der Waals surface area contributed by atoms with Gasteiger partial charge in [-0.25, -0.2) is 0 Å². The zero-order chi connectivity index (χ0) is 6.69. The second-order valence-corrected chi connectivity index (χ2v) is 2.45. The van der Waals surface area contributed by atoms with Crippen molar-refractivity contribution in [1.29, 1.82) is 0 Å². The van der Waals surface area contributed by atoms with E-state index in [0.717, 1.165) is 6.42 Å². The molecule has 2 nitrogen and oxygen atoms in total. The Bertz CT molecular complexity index is 109. The molecule has 1 aliphatic carbocycles. The monoisotopic (exact) mass is 128 g/mol. The third-order valence-corrected chi connectivity index (χ3v) is 1.76. The summed E-state index contributed by atoms with van der Waals surface area (Å²) in [5.74, 6) is 0.0787. The Balaban J connectivity index is 2.43. The summed E-state index contributed by atoms with van der Waals surface area (Å²) in [5, 5.41) is 17.8. The number of hydrogen-bond donors (Lipinski definition) is 2. The molecule has 0 heterocycles. The average Bonchev–Trinajstić information content (AvgIpc) is 1.89. The van der Waals surface area contributed by atoms with Gasteiger partial charge in [-0.1, -0.05) is 12.2 Å². The first kappa shape index (κ1) is 6.78. The maximum Gasteiger partial charge on any atom is 0.0627 e. The van der Waals surface area contributed by atoms with Gasteiger partial charge >= 0.3 is 0 Å². The van der Waals surface area contributed by atoms with Crippen LogP contribution in [0.1, 0.15) is 12.8 Å². The van der Waals surface area contributed by atoms with Gasteiger partial charge in [0.25, 0.3) is 0 Å². The summed E-state index contributed by atoms with van der Waals surface area (Å²) in [4.78, 5) is 0. The lowest BCUT2D eigenvalue weighted by atomic mass is 9.92. The molecule has 52 valence electrons. The molecule has 0 unspecified atom stereocenters. The molecular formula is C7H12O2. The Morgan fingerprint density at radius 3 is 2.44 bits per heavy atom. The van der Waals surface area contributed by atoms with Crippen molar-refractivity contribution >= 4 is 0 Å². The van der Waals surface area contributed by atoms with E-state index in [1.165, 1.54) is 0 Å². The summed E-state index contributed by atoms with van der Waals surface area (Å²) in [7, 11) is 0. The summed E-state index contributed by atoms with van der Waals surface area (Å²) in [6, 6.07) is 0. The molecule has 0 saturated carbocycles. The van der Waals surface area contributed by atoms with Crippen molar-refractivity contribution in [3.05, 3.63) is 12.2 Å². The summed E-state index contributed by atoms with van der Waals surface area (Å²) in [6.07, 6.45) is 5.16. The van der Waals surface area contributed by atoms with E-state index >= 15 is 0 Å². The first-order valence-electron chi connectivity index (χ1n) is 3.28. The number of aliphatic hydroxyl groups excluding tert-OH is 2. The molecule has 2 heteroatoms. The number of allylic oxidation sites excluding steroid dienone is 1. The van der Waals surface area contributed by atoms with E-state index in [-0.39, 0.29) is 18.6 Å². The van der Waals surface area contributed by atoms with E-state index in [1.54, 1.807) is 0 Å². The lowest BCUT2D eigenvalue weighted by molar-refractivity contribution is 0.0663. The van der Waals surface area contributed by atoms with Crippen LogP contribution < -0.4 is 0 Å². The van der Waals surface area contributed by atoms with Crippen LogP contribution in [0.2, 0.25) is 0 Å². The second-order valence-electron chi connectivity index (χ2n) is 2.45. The molecule has 2 N–H and O–H groups in total. The highest BCUT2D eigenvalue weighted by Gasteiger charge is 2.18. The van der Waals surface area contributed by atoms with Crippen LogP contribution in [0.15, 0.2) is 12.2 Å². The summed E-state index contributed by atoms with van der Waals surface area (Å²) < 4.78 is 0. The van der Waals surface area contributed by atoms with Gasteiger partial charge in [-0.05, 0) is 12.8 Å². The van der Waals surface area contributed by atoms with Gasteiger partial charge in [0.15, 0.2) is 0 Å². The topological polar surface area (TPSA) is 40.5 Å². The first-order chi connectivity index (χ1) is 4.34. The molecule has 0 aliphatic heterocycles. The van der Waals surface area contributed by atoms with E-state index in [4.69, 9.17) is 10.2 Å². The molecule has 0 saturated heterocycles. The van der Waals surface area contributed by atoms with Gasteiger partial charge < -0.3 is 10.2 Å². The molecule has 9 heavy (non-hydrogen) atoms. The average molecular weight is 128 g/mol. The molecule has 0 bridgehead atoms. The van der Waals surface area contributed by atoms with Crippen molar-refractivity contribution in [1.82, 2.24) is 0 Å². The standard InChI is InChI=1S/C7H12O2/c8-5-6-3-1-2-4-7(6)9/h1-2,6-9H,3-5H2/t6-,7-/m1/s1. The minimum atomic E-state index is -0.319. The molecule has 0 spiro atoms. The lowest BCUT2D eigenvalue weighted by Crippen LogP contribution is -2.24. The number of rotatable bonds is 1. The van der Waals surface area contributed by atoms with Crippen LogP contribution in [-0.4, -0.2) is 22.9 Å². The predicted octanol–water partition coefficient (Wildman–Crippen LogP) is 0.306. The fourth-order valence-electron chi connectivity index (χ4n) is 1.05. The fourth-order valence-corrected chi connectivity index (χ4v) is 1.05. The van der Waals surface area contributed by atoms with Crippen LogP contribution in [0.3, 0.4) is 0 Å². The van der Waals surface area contributed by atoms with Gasteiger partial charge in [0, 0.05) is 12.5 Å². The van der Waals surface area contributed by atoms with Crippen LogP contribution in [0.5, 0.6) is 0 Å². The summed E-state index contributed by atoms with van der Waals surface area (Å²) >= 11 is 0. The van der Waals surface area contributed by atoms with Crippen molar-refractivity contribution in [2.24, 2.45) is 5.92 Å². The molecule has 0 aromatic carbocycles. The highest BCUT2D eigenvalue weighted by molar-refractivity contribution is 4.94. The van der Waals surface area contributed by atoms with Crippen molar-refractivity contribution < 1.29 is 10.2 Å². The Labute approximate surface area is 54.8 Å². The number of hydrogen-bond acceptors (Lipinski definition) is 2. The molecule has 1 rings (SSSR count). The number of aliphatic hydroxyl groups is 2. The quantitative estimate of drug-likeness (QED) is 0.499. The van der Waals surface area contributed by atoms with Crippen LogP contribution in [0.4, 0.5) is 0 Å². The maximum atomic E-state index is 9.16. The molecule has 0 amide bonds. The Morgan fingerprint density at radius 2 is 2.00 bits per heavy atom. The van der Waals surface area contributed by atoms with Gasteiger partial charge in [0.2, 0.25) is 0 Å². The van der Waals surface area contributed by atoms with E-state index in [2.05, 4.69) is 0 Å². The third-order valence-electron chi connectivity index (χ3n) is 1.76. The van der Waals surface area contributed by atoms with E-state index in [0.29, 0.717) is 6.42 Å². The Kier molecular flexibility index (Phi) is 2.25. The van der Waals surface area contributed by atoms with Gasteiger partial charge in [-0.2, -0.15) is 0 Å². The Morgan fingerprint density at radius 1 is 1.33 bits per heavy atom. The van der Waals surface area contributed by atoms with Gasteiger partial charge in [0.05, 0.1) is 6.10 Å². The highest BCUT2D eigenvalue weighted by Crippen LogP contribution is 2.17. The lowest BCUT2D eigenvalue weighted by Gasteiger charge is -2.21. The van der Waals surface area contributed by atoms with Crippen LogP contribution in [-0.2, 0) is 0 Å². The SMILES string of the molecule is OC[C@H]1CC=CC[C@H]1O. The van der Waals surface area contributed by atoms with E-state index in [1.807, 2.05) is 12.2 Å².